The Morgan fingerprint density at radius 1 is 0.846 bits per heavy atom. The number of nitrogens with zero attached hydrogens (tertiary/aromatic N) is 5. The molecule has 2 aromatic heterocycles. The van der Waals surface area contributed by atoms with Crippen molar-refractivity contribution in [2.75, 3.05) is 23.3 Å². The average Bonchev–Trinajstić information content (AvgIpc) is 3.54. The van der Waals surface area contributed by atoms with Crippen LogP contribution < -0.4 is 20.3 Å². The van der Waals surface area contributed by atoms with Gasteiger partial charge >= 0.3 is 30.7 Å². The maximum atomic E-state index is 12.4. The van der Waals surface area contributed by atoms with E-state index in [2.05, 4.69) is 35.2 Å². The van der Waals surface area contributed by atoms with E-state index in [0.717, 1.165) is 51.6 Å². The van der Waals surface area contributed by atoms with Crippen LogP contribution in [0, 0.1) is 11.3 Å². The van der Waals surface area contributed by atoms with Crippen LogP contribution in [0.5, 0.6) is 5.75 Å². The number of aliphatic carboxylic acids is 2. The molecule has 0 bridgehead atoms. The van der Waals surface area contributed by atoms with Crippen LogP contribution in [0.2, 0.25) is 0 Å². The molecule has 5 rings (SSSR count). The summed E-state index contributed by atoms with van der Waals surface area (Å²) in [6, 6.07) is 8.55. The van der Waals surface area contributed by atoms with Crippen LogP contribution in [0.1, 0.15) is 44.1 Å². The van der Waals surface area contributed by atoms with Crippen molar-refractivity contribution < 1.29 is 68.5 Å². The minimum Gasteiger partial charge on any atom is -0.475 e. The molecule has 0 unspecified atom stereocenters. The molecule has 1 aliphatic carbocycles. The topological polar surface area (TPSA) is 187 Å². The zero-order chi connectivity index (χ0) is 38.7. The highest BCUT2D eigenvalue weighted by molar-refractivity contribution is 5.73. The molecule has 2 fully saturated rings. The summed E-state index contributed by atoms with van der Waals surface area (Å²) < 4.78 is 111. The van der Waals surface area contributed by atoms with Crippen molar-refractivity contribution in [3.63, 3.8) is 0 Å². The Morgan fingerprint density at radius 3 is 1.92 bits per heavy atom. The maximum absolute atomic E-state index is 12.4. The van der Waals surface area contributed by atoms with Crippen molar-refractivity contribution >= 4 is 23.9 Å². The number of ether oxygens (including phenoxy) is 1. The van der Waals surface area contributed by atoms with Gasteiger partial charge in [0.1, 0.15) is 11.8 Å². The molecule has 3 atom stereocenters. The van der Waals surface area contributed by atoms with E-state index in [9.17, 15) is 39.5 Å². The zero-order valence-electron chi connectivity index (χ0n) is 26.6. The van der Waals surface area contributed by atoms with Gasteiger partial charge < -0.3 is 34.9 Å². The molecule has 2 aliphatic rings. The molecule has 13 nitrogen and oxygen atoms in total. The number of alkyl halides is 9. The Morgan fingerprint density at radius 2 is 1.40 bits per heavy atom. The van der Waals surface area contributed by atoms with E-state index >= 15 is 0 Å². The first-order valence-corrected chi connectivity index (χ1v) is 15.2. The van der Waals surface area contributed by atoms with E-state index in [1.807, 2.05) is 6.07 Å². The number of nitriles is 1. The zero-order valence-corrected chi connectivity index (χ0v) is 26.6. The van der Waals surface area contributed by atoms with Crippen LogP contribution in [0.4, 0.5) is 51.5 Å². The smallest absolute Gasteiger partial charge is 0.475 e. The van der Waals surface area contributed by atoms with Gasteiger partial charge in [-0.3, -0.25) is 0 Å². The van der Waals surface area contributed by atoms with Crippen LogP contribution in [-0.2, 0) is 9.59 Å². The number of carboxylic acids is 2. The summed E-state index contributed by atoms with van der Waals surface area (Å²) in [5.74, 6) is -4.71. The summed E-state index contributed by atoms with van der Waals surface area (Å²) in [6.07, 6.45) is -3.95. The minimum absolute atomic E-state index is 0.124. The fraction of sp³-hybridized carbons (Fsp3) is 0.467. The molecule has 1 saturated heterocycles. The molecule has 22 heteroatoms. The molecule has 0 radical (unpaired) electrons. The van der Waals surface area contributed by atoms with Gasteiger partial charge in [-0.25, -0.2) is 24.5 Å². The highest BCUT2D eigenvalue weighted by Crippen LogP contribution is 2.30. The summed E-state index contributed by atoms with van der Waals surface area (Å²) in [5, 5.41) is 30.5. The van der Waals surface area contributed by atoms with Gasteiger partial charge in [0, 0.05) is 36.8 Å². The van der Waals surface area contributed by atoms with Gasteiger partial charge in [0.25, 0.3) is 6.01 Å². The van der Waals surface area contributed by atoms with Gasteiger partial charge in [0.15, 0.2) is 5.76 Å². The fourth-order valence-corrected chi connectivity index (χ4v) is 5.10. The summed E-state index contributed by atoms with van der Waals surface area (Å²) in [6.45, 7) is 1.66. The van der Waals surface area contributed by atoms with E-state index in [4.69, 9.17) is 29.5 Å². The number of oxazole rings is 1. The number of aromatic nitrogens is 3. The van der Waals surface area contributed by atoms with Gasteiger partial charge in [0.2, 0.25) is 5.95 Å². The Hall–Kier alpha value is -5.33. The van der Waals surface area contributed by atoms with Crippen LogP contribution in [-0.4, -0.2) is 87.0 Å². The Bertz CT molecular complexity index is 1620. The van der Waals surface area contributed by atoms with E-state index < -0.39 is 30.7 Å². The van der Waals surface area contributed by atoms with Gasteiger partial charge in [-0.2, -0.15) is 31.6 Å². The monoisotopic (exact) mass is 755 g/mol. The van der Waals surface area contributed by atoms with Crippen LogP contribution in [0.25, 0.3) is 11.3 Å². The predicted molar refractivity (Wildman–Crippen MR) is 161 cm³/mol. The Labute approximate surface area is 288 Å². The van der Waals surface area contributed by atoms with Crippen LogP contribution in [0.15, 0.2) is 47.3 Å². The third-order valence-electron chi connectivity index (χ3n) is 7.36. The van der Waals surface area contributed by atoms with E-state index in [1.54, 1.807) is 18.6 Å². The number of hydrogen-bond acceptors (Lipinski definition) is 11. The van der Waals surface area contributed by atoms with E-state index in [-0.39, 0.29) is 23.9 Å². The first kappa shape index (κ1) is 41.1. The summed E-state index contributed by atoms with van der Waals surface area (Å²) in [4.78, 5) is 33.0. The first-order chi connectivity index (χ1) is 24.2. The molecule has 284 valence electrons. The maximum Gasteiger partial charge on any atom is 0.573 e. The third-order valence-corrected chi connectivity index (χ3v) is 7.36. The fourth-order valence-electron chi connectivity index (χ4n) is 5.10. The number of halogens is 9. The number of anilines is 2. The molecule has 1 aliphatic heterocycles. The number of rotatable bonds is 7. The SMILES string of the molecule is N#Cc1cnc(N2CCC[C@H](N[C@@H]3CCCC[C@H]3Nc3ncc(-c4ccc(OC(F)(F)F)cc4)o3)C2)nc1.O=C(O)C(F)(F)F.O=C(O)C(F)(F)F. The molecular formula is C30H30F9N7O6. The molecule has 0 spiro atoms. The van der Waals surface area contributed by atoms with Crippen LogP contribution in [0.3, 0.4) is 0 Å². The molecule has 0 amide bonds. The molecule has 1 aromatic carbocycles. The van der Waals surface area contributed by atoms with Gasteiger partial charge in [-0.05, 0) is 49.9 Å². The lowest BCUT2D eigenvalue weighted by atomic mass is 9.89. The van der Waals surface area contributed by atoms with Crippen molar-refractivity contribution in [1.29, 1.82) is 5.26 Å². The van der Waals surface area contributed by atoms with Gasteiger partial charge in [0.05, 0.1) is 24.2 Å². The molecular weight excluding hydrogens is 725 g/mol. The van der Waals surface area contributed by atoms with Gasteiger partial charge in [-0.15, -0.1) is 13.2 Å². The number of benzene rings is 1. The summed E-state index contributed by atoms with van der Waals surface area (Å²) in [5.41, 5.74) is 1.05. The second-order valence-electron chi connectivity index (χ2n) is 11.2. The summed E-state index contributed by atoms with van der Waals surface area (Å²) >= 11 is 0. The summed E-state index contributed by atoms with van der Waals surface area (Å²) in [7, 11) is 0. The van der Waals surface area contributed by atoms with Crippen molar-refractivity contribution in [3.05, 3.63) is 48.4 Å². The number of carboxylic acid groups (broad SMARTS) is 2. The molecule has 1 saturated carbocycles. The lowest BCUT2D eigenvalue weighted by molar-refractivity contribution is -0.274. The molecule has 4 N–H and O–H groups in total. The normalized spacial score (nSPS) is 19.2. The Balaban J connectivity index is 0.000000441. The largest absolute Gasteiger partial charge is 0.573 e. The second kappa shape index (κ2) is 17.7. The minimum atomic E-state index is -5.08. The average molecular weight is 756 g/mol. The standard InChI is InChI=1S/C26H28F3N7O2.2C2HF3O2/c27-26(28,29)38-20-9-7-18(8-10-20)23-15-33-25(37-23)35-22-6-2-1-5-21(22)34-19-4-3-11-36(16-19)24-31-13-17(12-30)14-32-24;2*3-2(4,5)1(6)7/h7-10,13-15,19,21-22,34H,1-6,11,16H2,(H,33,35);2*(H,6,7)/t19-,21+,22+;;/m0../s1. The Kier molecular flexibility index (Phi) is 14.0. The lowest BCUT2D eigenvalue weighted by Gasteiger charge is -2.39. The first-order valence-electron chi connectivity index (χ1n) is 15.2. The van der Waals surface area contributed by atoms with E-state index in [1.165, 1.54) is 24.3 Å². The van der Waals surface area contributed by atoms with Crippen molar-refractivity contribution in [3.8, 4) is 23.1 Å². The molecule has 3 heterocycles. The second-order valence-corrected chi connectivity index (χ2v) is 11.2. The van der Waals surface area contributed by atoms with Crippen molar-refractivity contribution in [2.24, 2.45) is 0 Å². The lowest BCUT2D eigenvalue weighted by Crippen LogP contribution is -2.55. The predicted octanol–water partition coefficient (Wildman–Crippen LogP) is 6.15. The van der Waals surface area contributed by atoms with Crippen LogP contribution >= 0.6 is 0 Å². The van der Waals surface area contributed by atoms with Gasteiger partial charge in [-0.1, -0.05) is 12.8 Å². The number of hydrogen-bond donors (Lipinski definition) is 4. The number of carbonyl (C=O) groups is 2. The highest BCUT2D eigenvalue weighted by Gasteiger charge is 2.39. The van der Waals surface area contributed by atoms with Crippen molar-refractivity contribution in [1.82, 2.24) is 20.3 Å². The highest BCUT2D eigenvalue weighted by atomic mass is 19.4. The number of nitrogens with one attached hydrogen (secondary N) is 2. The quantitative estimate of drug-likeness (QED) is 0.201. The van der Waals surface area contributed by atoms with Crippen molar-refractivity contribution in [2.45, 2.75) is 75.4 Å². The third kappa shape index (κ3) is 13.4. The number of piperidine rings is 1. The molecule has 52 heavy (non-hydrogen) atoms. The van der Waals surface area contributed by atoms with E-state index in [0.29, 0.717) is 28.9 Å². The molecule has 3 aromatic rings.